The Bertz CT molecular complexity index is 560. The lowest BCUT2D eigenvalue weighted by atomic mass is 10.2. The predicted molar refractivity (Wildman–Crippen MR) is 73.7 cm³/mol. The van der Waals surface area contributed by atoms with Crippen molar-refractivity contribution in [2.75, 3.05) is 0 Å². The maximum atomic E-state index is 13.1. The molecule has 3 nitrogen and oxygen atoms in total. The van der Waals surface area contributed by atoms with Crippen LogP contribution in [-0.4, -0.2) is 10.1 Å². The summed E-state index contributed by atoms with van der Waals surface area (Å²) >= 11 is 3.10. The first-order chi connectivity index (χ1) is 9.10. The number of pyridine rings is 1. The van der Waals surface area contributed by atoms with Crippen LogP contribution in [0.5, 0.6) is 11.5 Å². The van der Waals surface area contributed by atoms with Crippen LogP contribution in [0.25, 0.3) is 0 Å². The lowest BCUT2D eigenvalue weighted by Gasteiger charge is -2.09. The molecule has 5 heteroatoms. The summed E-state index contributed by atoms with van der Waals surface area (Å²) in [5.41, 5.74) is 0.607. The third kappa shape index (κ3) is 3.52. The normalized spacial score (nSPS) is 12.2. The second-order valence-electron chi connectivity index (χ2n) is 4.02. The molecule has 100 valence electrons. The summed E-state index contributed by atoms with van der Waals surface area (Å²) in [6, 6.07) is 7.83. The summed E-state index contributed by atoms with van der Waals surface area (Å²) in [5.74, 6) is 0.705. The molecule has 0 aliphatic carbocycles. The van der Waals surface area contributed by atoms with E-state index in [1.807, 2.05) is 6.92 Å². The molecule has 0 saturated carbocycles. The Labute approximate surface area is 119 Å². The highest BCUT2D eigenvalue weighted by molar-refractivity contribution is 9.10. The van der Waals surface area contributed by atoms with Gasteiger partial charge in [-0.1, -0.05) is 6.92 Å². The van der Waals surface area contributed by atoms with Gasteiger partial charge in [0, 0.05) is 0 Å². The molecule has 0 fully saturated rings. The van der Waals surface area contributed by atoms with Crippen LogP contribution in [-0.2, 0) is 0 Å². The molecule has 0 spiro atoms. The van der Waals surface area contributed by atoms with Gasteiger partial charge in [-0.25, -0.2) is 4.39 Å². The fourth-order valence-electron chi connectivity index (χ4n) is 1.53. The molecule has 1 aromatic carbocycles. The summed E-state index contributed by atoms with van der Waals surface area (Å²) in [6.45, 7) is 1.88. The first-order valence-corrected chi connectivity index (χ1v) is 6.66. The molecule has 1 atom stereocenters. The molecule has 19 heavy (non-hydrogen) atoms. The van der Waals surface area contributed by atoms with Crippen molar-refractivity contribution in [3.8, 4) is 11.5 Å². The number of aliphatic hydroxyl groups excluding tert-OH is 1. The number of rotatable bonds is 4. The zero-order chi connectivity index (χ0) is 13.8. The zero-order valence-corrected chi connectivity index (χ0v) is 11.9. The van der Waals surface area contributed by atoms with Crippen LogP contribution in [0.4, 0.5) is 4.39 Å². The predicted octanol–water partition coefficient (Wildman–Crippen LogP) is 4.22. The molecule has 1 N–H and O–H groups in total. The van der Waals surface area contributed by atoms with E-state index in [0.29, 0.717) is 28.1 Å². The monoisotopic (exact) mass is 325 g/mol. The number of halogens is 2. The van der Waals surface area contributed by atoms with Gasteiger partial charge >= 0.3 is 0 Å². The molecule has 0 amide bonds. The van der Waals surface area contributed by atoms with Crippen molar-refractivity contribution in [3.63, 3.8) is 0 Å². The Morgan fingerprint density at radius 3 is 2.63 bits per heavy atom. The van der Waals surface area contributed by atoms with Crippen LogP contribution in [0.3, 0.4) is 0 Å². The van der Waals surface area contributed by atoms with Crippen molar-refractivity contribution in [1.29, 1.82) is 0 Å². The summed E-state index contributed by atoms with van der Waals surface area (Å²) in [4.78, 5) is 4.12. The van der Waals surface area contributed by atoms with E-state index in [-0.39, 0.29) is 5.82 Å². The third-order valence-corrected chi connectivity index (χ3v) is 3.22. The summed E-state index contributed by atoms with van der Waals surface area (Å²) in [5, 5.41) is 9.63. The van der Waals surface area contributed by atoms with Crippen LogP contribution in [0.2, 0.25) is 0 Å². The lowest BCUT2D eigenvalue weighted by molar-refractivity contribution is 0.169. The number of hydrogen-bond donors (Lipinski definition) is 1. The van der Waals surface area contributed by atoms with Gasteiger partial charge in [0.15, 0.2) is 0 Å². The van der Waals surface area contributed by atoms with Gasteiger partial charge in [-0.3, -0.25) is 4.98 Å². The fraction of sp³-hybridized carbons (Fsp3) is 0.214. The van der Waals surface area contributed by atoms with Gasteiger partial charge < -0.3 is 9.84 Å². The number of ether oxygens (including phenoxy) is 1. The average molecular weight is 326 g/mol. The fourth-order valence-corrected chi connectivity index (χ4v) is 1.89. The molecule has 0 aliphatic rings. The van der Waals surface area contributed by atoms with E-state index in [0.717, 1.165) is 0 Å². The Morgan fingerprint density at radius 2 is 2.05 bits per heavy atom. The van der Waals surface area contributed by atoms with Crippen molar-refractivity contribution in [2.24, 2.45) is 0 Å². The standard InChI is InChI=1S/C14H13BrFNO2/c1-2-14(18)13-6-4-10(8-17-13)19-9-3-5-12(16)11(15)7-9/h3-8,14,18H,2H2,1H3/t14-/m0/s1. The molecule has 2 rings (SSSR count). The number of hydrogen-bond acceptors (Lipinski definition) is 3. The molecule has 0 radical (unpaired) electrons. The van der Waals surface area contributed by atoms with Crippen molar-refractivity contribution in [1.82, 2.24) is 4.98 Å². The van der Waals surface area contributed by atoms with E-state index in [9.17, 15) is 9.50 Å². The van der Waals surface area contributed by atoms with Crippen LogP contribution in [0.1, 0.15) is 25.1 Å². The molecule has 1 aromatic heterocycles. The minimum absolute atomic E-state index is 0.341. The van der Waals surface area contributed by atoms with E-state index in [4.69, 9.17) is 4.74 Å². The van der Waals surface area contributed by atoms with Gasteiger partial charge in [0.1, 0.15) is 17.3 Å². The van der Waals surface area contributed by atoms with Crippen molar-refractivity contribution in [2.45, 2.75) is 19.4 Å². The Hall–Kier alpha value is -1.46. The first-order valence-electron chi connectivity index (χ1n) is 5.87. The third-order valence-electron chi connectivity index (χ3n) is 2.61. The average Bonchev–Trinajstić information content (AvgIpc) is 2.43. The van der Waals surface area contributed by atoms with Crippen molar-refractivity contribution < 1.29 is 14.2 Å². The summed E-state index contributed by atoms with van der Waals surface area (Å²) < 4.78 is 19.0. The minimum Gasteiger partial charge on any atom is -0.456 e. The minimum atomic E-state index is -0.561. The SMILES string of the molecule is CC[C@H](O)c1ccc(Oc2ccc(F)c(Br)c2)cn1. The first kappa shape index (κ1) is 14.0. The van der Waals surface area contributed by atoms with Crippen LogP contribution >= 0.6 is 15.9 Å². The van der Waals surface area contributed by atoms with E-state index in [1.165, 1.54) is 18.3 Å². The summed E-state index contributed by atoms with van der Waals surface area (Å²) in [7, 11) is 0. The second kappa shape index (κ2) is 6.12. The molecule has 0 bridgehead atoms. The van der Waals surface area contributed by atoms with E-state index >= 15 is 0 Å². The quantitative estimate of drug-likeness (QED) is 0.915. The number of aromatic nitrogens is 1. The van der Waals surface area contributed by atoms with E-state index < -0.39 is 6.10 Å². The largest absolute Gasteiger partial charge is 0.456 e. The van der Waals surface area contributed by atoms with Gasteiger partial charge in [0.25, 0.3) is 0 Å². The van der Waals surface area contributed by atoms with E-state index in [1.54, 1.807) is 18.2 Å². The maximum absolute atomic E-state index is 13.1. The Kier molecular flexibility index (Phi) is 4.50. The van der Waals surface area contributed by atoms with Crippen LogP contribution in [0, 0.1) is 5.82 Å². The summed E-state index contributed by atoms with van der Waals surface area (Å²) in [6.07, 6.45) is 1.58. The van der Waals surface area contributed by atoms with Gasteiger partial charge in [0.2, 0.25) is 0 Å². The van der Waals surface area contributed by atoms with Crippen LogP contribution < -0.4 is 4.74 Å². The number of benzene rings is 1. The van der Waals surface area contributed by atoms with E-state index in [2.05, 4.69) is 20.9 Å². The molecule has 1 heterocycles. The number of nitrogens with zero attached hydrogens (tertiary/aromatic N) is 1. The highest BCUT2D eigenvalue weighted by atomic mass is 79.9. The maximum Gasteiger partial charge on any atom is 0.145 e. The highest BCUT2D eigenvalue weighted by Gasteiger charge is 2.07. The second-order valence-corrected chi connectivity index (χ2v) is 4.88. The molecule has 0 unspecified atom stereocenters. The van der Waals surface area contributed by atoms with Crippen molar-refractivity contribution in [3.05, 3.63) is 52.5 Å². The van der Waals surface area contributed by atoms with Gasteiger partial charge in [-0.2, -0.15) is 0 Å². The molecular formula is C14H13BrFNO2. The van der Waals surface area contributed by atoms with Gasteiger partial charge in [0.05, 0.1) is 22.5 Å². The zero-order valence-electron chi connectivity index (χ0n) is 10.3. The van der Waals surface area contributed by atoms with Gasteiger partial charge in [-0.05, 0) is 52.7 Å². The van der Waals surface area contributed by atoms with Crippen LogP contribution in [0.15, 0.2) is 41.0 Å². The Balaban J connectivity index is 2.12. The smallest absolute Gasteiger partial charge is 0.145 e. The highest BCUT2D eigenvalue weighted by Crippen LogP contribution is 2.26. The number of aliphatic hydroxyl groups is 1. The van der Waals surface area contributed by atoms with Gasteiger partial charge in [-0.15, -0.1) is 0 Å². The molecule has 0 aliphatic heterocycles. The molecule has 0 saturated heterocycles. The molecular weight excluding hydrogens is 313 g/mol. The Morgan fingerprint density at radius 1 is 1.32 bits per heavy atom. The topological polar surface area (TPSA) is 42.4 Å². The lowest BCUT2D eigenvalue weighted by Crippen LogP contribution is -1.98. The van der Waals surface area contributed by atoms with Crippen molar-refractivity contribution >= 4 is 15.9 Å². The molecule has 2 aromatic rings.